The molecule has 2 unspecified atom stereocenters. The molecule has 2 atom stereocenters. The summed E-state index contributed by atoms with van der Waals surface area (Å²) in [5.74, 6) is 1.01. The molecule has 2 aliphatic heterocycles. The molecule has 1 amide bonds. The van der Waals surface area contributed by atoms with Crippen LogP contribution in [-0.4, -0.2) is 53.6 Å². The van der Waals surface area contributed by atoms with Gasteiger partial charge in [0.05, 0.1) is 11.7 Å². The van der Waals surface area contributed by atoms with Crippen molar-refractivity contribution in [3.8, 4) is 0 Å². The molecule has 0 bridgehead atoms. The predicted octanol–water partition coefficient (Wildman–Crippen LogP) is 1.03. The second-order valence-corrected chi connectivity index (χ2v) is 6.79. The maximum absolute atomic E-state index is 12.6. The van der Waals surface area contributed by atoms with Gasteiger partial charge in [-0.25, -0.2) is 0 Å². The van der Waals surface area contributed by atoms with E-state index in [9.17, 15) is 4.79 Å². The molecule has 1 N–H and O–H groups in total. The summed E-state index contributed by atoms with van der Waals surface area (Å²) in [4.78, 5) is 17.1. The fourth-order valence-electron chi connectivity index (χ4n) is 3.50. The van der Waals surface area contributed by atoms with Crippen LogP contribution in [0.4, 0.5) is 0 Å². The largest absolute Gasteiger partial charge is 0.321 e. The van der Waals surface area contributed by atoms with Crippen LogP contribution in [0.1, 0.15) is 39.5 Å². The third-order valence-corrected chi connectivity index (χ3v) is 4.63. The van der Waals surface area contributed by atoms with Gasteiger partial charge in [-0.3, -0.25) is 10.1 Å². The lowest BCUT2D eigenvalue weighted by atomic mass is 10.1. The molecule has 0 aromatic carbocycles. The first kappa shape index (κ1) is 12.4. The van der Waals surface area contributed by atoms with Gasteiger partial charge >= 0.3 is 0 Å². The standard InChI is InChI=1S/C14H25N3O/c1-10(2)8-12-15-14(5-6-14)13(18)17(12)11-4-7-16(3)9-11/h10-12,15H,4-9H2,1-3H3. The lowest BCUT2D eigenvalue weighted by Gasteiger charge is -2.31. The molecule has 2 heterocycles. The molecule has 4 heteroatoms. The highest BCUT2D eigenvalue weighted by Gasteiger charge is 2.60. The summed E-state index contributed by atoms with van der Waals surface area (Å²) in [6.45, 7) is 6.64. The number of rotatable bonds is 3. The number of likely N-dealkylation sites (tertiary alicyclic amines) is 1. The zero-order valence-electron chi connectivity index (χ0n) is 11.8. The summed E-state index contributed by atoms with van der Waals surface area (Å²) >= 11 is 0. The van der Waals surface area contributed by atoms with Gasteiger partial charge in [0.25, 0.3) is 0 Å². The highest BCUT2D eigenvalue weighted by Crippen LogP contribution is 2.44. The highest BCUT2D eigenvalue weighted by atomic mass is 16.2. The molecule has 2 saturated heterocycles. The van der Waals surface area contributed by atoms with Crippen molar-refractivity contribution in [2.75, 3.05) is 20.1 Å². The van der Waals surface area contributed by atoms with Crippen molar-refractivity contribution in [1.82, 2.24) is 15.1 Å². The van der Waals surface area contributed by atoms with E-state index in [0.29, 0.717) is 17.9 Å². The summed E-state index contributed by atoms with van der Waals surface area (Å²) in [6, 6.07) is 0.429. The minimum atomic E-state index is -0.152. The average molecular weight is 251 g/mol. The summed E-state index contributed by atoms with van der Waals surface area (Å²) in [5.41, 5.74) is -0.152. The maximum Gasteiger partial charge on any atom is 0.244 e. The Morgan fingerprint density at radius 1 is 1.44 bits per heavy atom. The summed E-state index contributed by atoms with van der Waals surface area (Å²) in [5, 5.41) is 3.62. The molecule has 1 aliphatic carbocycles. The van der Waals surface area contributed by atoms with Crippen molar-refractivity contribution in [3.63, 3.8) is 0 Å². The minimum Gasteiger partial charge on any atom is -0.321 e. The van der Waals surface area contributed by atoms with Crippen molar-refractivity contribution in [2.24, 2.45) is 5.92 Å². The molecule has 3 rings (SSSR count). The Hall–Kier alpha value is -0.610. The SMILES string of the molecule is CC(C)CC1NC2(CC2)C(=O)N1C1CCN(C)C1. The average Bonchev–Trinajstić information content (AvgIpc) is 2.86. The Morgan fingerprint density at radius 2 is 2.17 bits per heavy atom. The molecule has 18 heavy (non-hydrogen) atoms. The number of likely N-dealkylation sites (N-methyl/N-ethyl adjacent to an activating group) is 1. The molecule has 4 nitrogen and oxygen atoms in total. The van der Waals surface area contributed by atoms with Crippen LogP contribution in [-0.2, 0) is 4.79 Å². The van der Waals surface area contributed by atoms with Crippen LogP contribution in [0.2, 0.25) is 0 Å². The first-order valence-corrected chi connectivity index (χ1v) is 7.31. The van der Waals surface area contributed by atoms with Crippen LogP contribution >= 0.6 is 0 Å². The van der Waals surface area contributed by atoms with Crippen molar-refractivity contribution in [1.29, 1.82) is 0 Å². The van der Waals surface area contributed by atoms with E-state index in [1.165, 1.54) is 0 Å². The molecule has 1 spiro atoms. The van der Waals surface area contributed by atoms with Gasteiger partial charge in [0.1, 0.15) is 0 Å². The minimum absolute atomic E-state index is 0.152. The Kier molecular flexibility index (Phi) is 2.90. The van der Waals surface area contributed by atoms with Crippen LogP contribution in [0.3, 0.4) is 0 Å². The van der Waals surface area contributed by atoms with Gasteiger partial charge in [-0.2, -0.15) is 0 Å². The molecule has 0 aromatic heterocycles. The van der Waals surface area contributed by atoms with E-state index >= 15 is 0 Å². The first-order valence-electron chi connectivity index (χ1n) is 7.31. The second-order valence-electron chi connectivity index (χ2n) is 6.79. The topological polar surface area (TPSA) is 35.6 Å². The van der Waals surface area contributed by atoms with E-state index in [-0.39, 0.29) is 11.7 Å². The zero-order valence-corrected chi connectivity index (χ0v) is 11.8. The molecule has 102 valence electrons. The van der Waals surface area contributed by atoms with E-state index in [2.05, 4.69) is 36.0 Å². The van der Waals surface area contributed by atoms with E-state index in [1.54, 1.807) is 0 Å². The van der Waals surface area contributed by atoms with E-state index in [1.807, 2.05) is 0 Å². The van der Waals surface area contributed by atoms with Crippen molar-refractivity contribution in [2.45, 2.75) is 57.3 Å². The predicted molar refractivity (Wildman–Crippen MR) is 71.1 cm³/mol. The molecule has 0 radical (unpaired) electrons. The van der Waals surface area contributed by atoms with Crippen molar-refractivity contribution < 1.29 is 4.79 Å². The Bertz CT molecular complexity index is 351. The maximum atomic E-state index is 12.6. The molecule has 0 aromatic rings. The van der Waals surface area contributed by atoms with Crippen LogP contribution in [0, 0.1) is 5.92 Å². The molecular weight excluding hydrogens is 226 g/mol. The molecule has 3 fully saturated rings. The quantitative estimate of drug-likeness (QED) is 0.813. The van der Waals surface area contributed by atoms with Gasteiger partial charge in [0, 0.05) is 12.6 Å². The number of nitrogens with zero attached hydrogens (tertiary/aromatic N) is 2. The Balaban J connectivity index is 1.77. The number of amides is 1. The lowest BCUT2D eigenvalue weighted by Crippen LogP contribution is -2.46. The van der Waals surface area contributed by atoms with Crippen LogP contribution in [0.15, 0.2) is 0 Å². The van der Waals surface area contributed by atoms with Gasteiger partial charge in [0.15, 0.2) is 0 Å². The second kappa shape index (κ2) is 4.20. The van der Waals surface area contributed by atoms with Crippen molar-refractivity contribution in [3.05, 3.63) is 0 Å². The number of hydrogen-bond donors (Lipinski definition) is 1. The van der Waals surface area contributed by atoms with E-state index < -0.39 is 0 Å². The number of hydrogen-bond acceptors (Lipinski definition) is 3. The van der Waals surface area contributed by atoms with E-state index in [0.717, 1.165) is 38.8 Å². The third kappa shape index (κ3) is 1.95. The van der Waals surface area contributed by atoms with Gasteiger partial charge in [-0.1, -0.05) is 13.8 Å². The zero-order chi connectivity index (χ0) is 12.9. The highest BCUT2D eigenvalue weighted by molar-refractivity contribution is 5.92. The van der Waals surface area contributed by atoms with Gasteiger partial charge < -0.3 is 9.80 Å². The fraction of sp³-hybridized carbons (Fsp3) is 0.929. The fourth-order valence-corrected chi connectivity index (χ4v) is 3.50. The molecule has 1 saturated carbocycles. The van der Waals surface area contributed by atoms with E-state index in [4.69, 9.17) is 0 Å². The van der Waals surface area contributed by atoms with Crippen LogP contribution < -0.4 is 5.32 Å². The third-order valence-electron chi connectivity index (χ3n) is 4.63. The van der Waals surface area contributed by atoms with Gasteiger partial charge in [-0.05, 0) is 45.2 Å². The smallest absolute Gasteiger partial charge is 0.244 e. The first-order chi connectivity index (χ1) is 8.52. The Morgan fingerprint density at radius 3 is 2.67 bits per heavy atom. The molecule has 3 aliphatic rings. The van der Waals surface area contributed by atoms with Crippen molar-refractivity contribution >= 4 is 5.91 Å². The lowest BCUT2D eigenvalue weighted by molar-refractivity contribution is -0.132. The number of nitrogens with one attached hydrogen (secondary N) is 1. The van der Waals surface area contributed by atoms with Crippen LogP contribution in [0.5, 0.6) is 0 Å². The summed E-state index contributed by atoms with van der Waals surface area (Å²) in [6.07, 6.45) is 4.57. The molecular formula is C14H25N3O. The summed E-state index contributed by atoms with van der Waals surface area (Å²) < 4.78 is 0. The van der Waals surface area contributed by atoms with Crippen LogP contribution in [0.25, 0.3) is 0 Å². The van der Waals surface area contributed by atoms with Gasteiger partial charge in [-0.15, -0.1) is 0 Å². The number of carbonyl (C=O) groups is 1. The Labute approximate surface area is 110 Å². The normalized spacial score (nSPS) is 35.1. The summed E-state index contributed by atoms with van der Waals surface area (Å²) in [7, 11) is 2.15. The number of carbonyl (C=O) groups excluding carboxylic acids is 1. The van der Waals surface area contributed by atoms with Gasteiger partial charge in [0.2, 0.25) is 5.91 Å². The monoisotopic (exact) mass is 251 g/mol.